The van der Waals surface area contributed by atoms with E-state index in [1.807, 2.05) is 6.07 Å². The van der Waals surface area contributed by atoms with Gasteiger partial charge >= 0.3 is 0 Å². The molecule has 1 aliphatic rings. The van der Waals surface area contributed by atoms with E-state index in [0.717, 1.165) is 5.56 Å². The Morgan fingerprint density at radius 3 is 3.10 bits per heavy atom. The van der Waals surface area contributed by atoms with Crippen molar-refractivity contribution < 1.29 is 12.8 Å². The largest absolute Gasteiger partial charge is 0.269 e. The van der Waals surface area contributed by atoms with E-state index in [-0.39, 0.29) is 0 Å². The van der Waals surface area contributed by atoms with Crippen LogP contribution in [0.4, 0.5) is 0 Å². The molecule has 0 radical (unpaired) electrons. The highest BCUT2D eigenvalue weighted by molar-refractivity contribution is 6.04. The fraction of sp³-hybridized carbons (Fsp3) is 0.188. The van der Waals surface area contributed by atoms with Crippen molar-refractivity contribution in [1.29, 1.82) is 0 Å². The van der Waals surface area contributed by atoms with Gasteiger partial charge in [0.2, 0.25) is 0 Å². The zero-order valence-electron chi connectivity index (χ0n) is 16.9. The van der Waals surface area contributed by atoms with Crippen LogP contribution in [0.2, 0.25) is 0 Å². The van der Waals surface area contributed by atoms with Crippen molar-refractivity contribution in [2.24, 2.45) is 14.0 Å². The molecule has 0 aromatic carbocycles. The Hall–Kier alpha value is -2.69. The van der Waals surface area contributed by atoms with E-state index in [9.17, 15) is 0 Å². The Morgan fingerprint density at radius 2 is 2.19 bits per heavy atom. The van der Waals surface area contributed by atoms with Gasteiger partial charge in [-0.2, -0.15) is 0 Å². The van der Waals surface area contributed by atoms with Crippen molar-refractivity contribution >= 4 is 22.1 Å². The maximum absolute atomic E-state index is 8.11. The highest BCUT2D eigenvalue weighted by atomic mass is 15.2. The minimum absolute atomic E-state index is 0.335. The number of fused-ring (bicyclic) bond motifs is 7. The first kappa shape index (κ1) is 6.85. The van der Waals surface area contributed by atoms with E-state index in [0.29, 0.717) is 40.1 Å². The van der Waals surface area contributed by atoms with Gasteiger partial charge < -0.3 is 0 Å². The molecule has 102 valence electrons. The summed E-state index contributed by atoms with van der Waals surface area (Å²) in [5.74, 6) is 0.396. The highest BCUT2D eigenvalue weighted by Gasteiger charge is 2.35. The molecule has 1 aliphatic heterocycles. The second kappa shape index (κ2) is 3.49. The van der Waals surface area contributed by atoms with Crippen LogP contribution in [0.15, 0.2) is 36.8 Å². The zero-order valence-corrected chi connectivity index (χ0v) is 10.9. The normalized spacial score (nSPS) is 18.5. The van der Waals surface area contributed by atoms with Gasteiger partial charge in [0.05, 0.1) is 40.3 Å². The average Bonchev–Trinajstić information content (AvgIpc) is 3.19. The monoisotopic (exact) mass is 282 g/mol. The number of hydrogen-bond donors (Lipinski definition) is 0. The number of rotatable bonds is 0. The quantitative estimate of drug-likeness (QED) is 0.406. The van der Waals surface area contributed by atoms with E-state index in [1.165, 1.54) is 21.5 Å². The molecule has 5 nitrogen and oxygen atoms in total. The van der Waals surface area contributed by atoms with Gasteiger partial charge in [-0.25, -0.2) is 9.55 Å². The predicted octanol–water partition coefficient (Wildman–Crippen LogP) is 1.78. The summed E-state index contributed by atoms with van der Waals surface area (Å²) in [6.45, 7) is -4.64. The predicted molar refractivity (Wildman–Crippen MR) is 79.7 cm³/mol. The third-order valence-corrected chi connectivity index (χ3v) is 4.10. The number of aryl methyl sites for hydroxylation is 2. The fourth-order valence-electron chi connectivity index (χ4n) is 3.22. The number of hydrogen-bond acceptors (Lipinski definition) is 2. The molecule has 0 bridgehead atoms. The zero-order chi connectivity index (χ0) is 19.1. The third kappa shape index (κ3) is 1.15. The van der Waals surface area contributed by atoms with Gasteiger partial charge in [0.15, 0.2) is 5.52 Å². The molecule has 4 aromatic heterocycles. The van der Waals surface area contributed by atoms with Crippen molar-refractivity contribution in [3.8, 4) is 11.5 Å². The molecule has 21 heavy (non-hydrogen) atoms. The van der Waals surface area contributed by atoms with E-state index >= 15 is 0 Å². The van der Waals surface area contributed by atoms with Crippen LogP contribution in [0.25, 0.3) is 33.6 Å². The molecular weight excluding hydrogens is 262 g/mol. The van der Waals surface area contributed by atoms with E-state index in [1.54, 1.807) is 22.9 Å². The lowest BCUT2D eigenvalue weighted by atomic mass is 10.2. The van der Waals surface area contributed by atoms with Gasteiger partial charge in [-0.15, -0.1) is 0 Å². The lowest BCUT2D eigenvalue weighted by Crippen LogP contribution is -2.33. The molecule has 0 atom stereocenters. The van der Waals surface area contributed by atoms with Crippen LogP contribution in [-0.2, 0) is 20.5 Å². The van der Waals surface area contributed by atoms with Crippen molar-refractivity contribution in [2.75, 3.05) is 0 Å². The van der Waals surface area contributed by atoms with Crippen LogP contribution in [0.5, 0.6) is 0 Å². The molecule has 0 fully saturated rings. The lowest BCUT2D eigenvalue weighted by Gasteiger charge is -1.96. The second-order valence-electron chi connectivity index (χ2n) is 5.16. The first-order chi connectivity index (χ1) is 12.7. The molecule has 5 rings (SSSR count). The summed E-state index contributed by atoms with van der Waals surface area (Å²) in [4.78, 5) is 8.41. The molecular formula is C16H14N5+. The van der Waals surface area contributed by atoms with E-state index < -0.39 is 14.0 Å². The molecule has 0 N–H and O–H groups in total. The first-order valence-electron chi connectivity index (χ1n) is 9.57. The van der Waals surface area contributed by atoms with Crippen LogP contribution < -0.4 is 4.57 Å². The standard InChI is InChI=1S/C16H14N5/c1-19-12-8-17-7-5-11(12)14-16(19)21-9-10-4-3-6-18-13(10)15(21)20(14)2/h3-8H,9H2,1-2H3/q+1/i1D3,2D3. The molecule has 5 heterocycles. The third-order valence-electron chi connectivity index (χ3n) is 4.10. The first-order valence-corrected chi connectivity index (χ1v) is 6.57. The van der Waals surface area contributed by atoms with Gasteiger partial charge in [-0.1, -0.05) is 6.07 Å². The molecule has 0 unspecified atom stereocenters. The molecule has 0 saturated heterocycles. The van der Waals surface area contributed by atoms with Crippen molar-refractivity contribution in [2.45, 2.75) is 6.54 Å². The van der Waals surface area contributed by atoms with Crippen molar-refractivity contribution in [3.05, 3.63) is 42.4 Å². The number of nitrogens with zero attached hydrogens (tertiary/aromatic N) is 5. The fourth-order valence-corrected chi connectivity index (χ4v) is 3.22. The van der Waals surface area contributed by atoms with Gasteiger partial charge in [-0.3, -0.25) is 14.1 Å². The summed E-state index contributed by atoms with van der Waals surface area (Å²) < 4.78 is 52.6. The molecule has 0 spiro atoms. The van der Waals surface area contributed by atoms with E-state index in [2.05, 4.69) is 9.97 Å². The van der Waals surface area contributed by atoms with Gasteiger partial charge in [-0.05, 0) is 12.1 Å². The maximum atomic E-state index is 8.11. The number of imidazole rings is 1. The Morgan fingerprint density at radius 1 is 1.24 bits per heavy atom. The van der Waals surface area contributed by atoms with E-state index in [4.69, 9.17) is 8.22 Å². The van der Waals surface area contributed by atoms with Crippen molar-refractivity contribution in [1.82, 2.24) is 19.1 Å². The molecule has 0 saturated carbocycles. The minimum Gasteiger partial charge on any atom is -0.261 e. The lowest BCUT2D eigenvalue weighted by molar-refractivity contribution is -0.648. The highest BCUT2D eigenvalue weighted by Crippen LogP contribution is 2.33. The Labute approximate surface area is 129 Å². The number of pyridine rings is 2. The van der Waals surface area contributed by atoms with Gasteiger partial charge in [0, 0.05) is 18.0 Å². The number of aromatic nitrogens is 5. The summed E-state index contributed by atoms with van der Waals surface area (Å²) >= 11 is 0. The summed E-state index contributed by atoms with van der Waals surface area (Å²) in [7, 11) is 0. The molecule has 5 heteroatoms. The Bertz CT molecular complexity index is 1230. The summed E-state index contributed by atoms with van der Waals surface area (Å²) in [6.07, 6.45) is 4.60. The van der Waals surface area contributed by atoms with Gasteiger partial charge in [0.1, 0.15) is 11.2 Å². The Kier molecular flexibility index (Phi) is 1.14. The summed E-state index contributed by atoms with van der Waals surface area (Å²) in [5, 5.41) is 0.534. The molecule has 0 aliphatic carbocycles. The summed E-state index contributed by atoms with van der Waals surface area (Å²) in [6, 6.07) is 5.30. The van der Waals surface area contributed by atoms with Crippen LogP contribution in [0.3, 0.4) is 0 Å². The SMILES string of the molecule is [2H]C([2H])([2H])n1c2[n+](c3c1c1ccncc1n3C([2H])([2H])[2H])Cc1cccnc1-2. The second-order valence-corrected chi connectivity index (χ2v) is 5.16. The molecule has 0 amide bonds. The van der Waals surface area contributed by atoms with Crippen molar-refractivity contribution in [3.63, 3.8) is 0 Å². The van der Waals surface area contributed by atoms with Crippen LogP contribution in [-0.4, -0.2) is 19.1 Å². The maximum Gasteiger partial charge on any atom is 0.269 e. The van der Waals surface area contributed by atoms with Gasteiger partial charge in [0.25, 0.3) is 11.5 Å². The minimum atomic E-state index is -2.50. The van der Waals surface area contributed by atoms with Crippen LogP contribution in [0, 0.1) is 0 Å². The van der Waals surface area contributed by atoms with Crippen LogP contribution in [0.1, 0.15) is 13.8 Å². The molecule has 4 aromatic rings. The smallest absolute Gasteiger partial charge is 0.261 e. The average molecular weight is 282 g/mol. The Balaban J connectivity index is 2.07. The van der Waals surface area contributed by atoms with Crippen LogP contribution >= 0.6 is 0 Å². The topological polar surface area (TPSA) is 39.5 Å². The summed E-state index contributed by atoms with van der Waals surface area (Å²) in [5.41, 5.74) is 2.48.